The van der Waals surface area contributed by atoms with Crippen molar-refractivity contribution in [2.24, 2.45) is 5.92 Å². The third-order valence-electron chi connectivity index (χ3n) is 8.20. The number of piperidine rings is 1. The van der Waals surface area contributed by atoms with Crippen LogP contribution in [0.25, 0.3) is 0 Å². The summed E-state index contributed by atoms with van der Waals surface area (Å²) in [7, 11) is 1.76. The Morgan fingerprint density at radius 2 is 1.75 bits per heavy atom. The van der Waals surface area contributed by atoms with E-state index in [0.717, 1.165) is 77.7 Å². The Bertz CT molecular complexity index is 876. The molecule has 36 heavy (non-hydrogen) atoms. The molecule has 4 rings (SSSR count). The fourth-order valence-corrected chi connectivity index (χ4v) is 5.80. The number of nitrogens with one attached hydrogen (secondary N) is 2. The highest BCUT2D eigenvalue weighted by Crippen LogP contribution is 2.27. The fraction of sp³-hybridized carbons (Fsp3) is 0.704. The normalized spacial score (nSPS) is 24.6. The zero-order chi connectivity index (χ0) is 25.5. The van der Waals surface area contributed by atoms with E-state index in [1.165, 1.54) is 18.2 Å². The van der Waals surface area contributed by atoms with Crippen molar-refractivity contribution in [3.05, 3.63) is 29.6 Å². The van der Waals surface area contributed by atoms with Gasteiger partial charge >= 0.3 is 0 Å². The molecule has 9 heteroatoms. The van der Waals surface area contributed by atoms with Crippen LogP contribution in [0.3, 0.4) is 0 Å². The summed E-state index contributed by atoms with van der Waals surface area (Å²) in [4.78, 5) is 19.1. The summed E-state index contributed by atoms with van der Waals surface area (Å²) in [6.07, 6.45) is 7.95. The molecule has 200 valence electrons. The minimum absolute atomic E-state index is 0.0534. The number of phenolic OH excluding ortho intramolecular Hbond substituents is 1. The van der Waals surface area contributed by atoms with Crippen molar-refractivity contribution in [3.63, 3.8) is 0 Å². The monoisotopic (exact) mass is 503 g/mol. The van der Waals surface area contributed by atoms with Crippen LogP contribution in [-0.4, -0.2) is 103 Å². The summed E-state index contributed by atoms with van der Waals surface area (Å²) in [6, 6.07) is 4.05. The highest BCUT2D eigenvalue weighted by molar-refractivity contribution is 5.98. The average molecular weight is 504 g/mol. The lowest BCUT2D eigenvalue weighted by Gasteiger charge is -2.37. The molecule has 2 aliphatic heterocycles. The number of halogens is 1. The van der Waals surface area contributed by atoms with Gasteiger partial charge in [0, 0.05) is 52.4 Å². The highest BCUT2D eigenvalue weighted by atomic mass is 19.1. The van der Waals surface area contributed by atoms with Crippen molar-refractivity contribution in [3.8, 4) is 5.75 Å². The van der Waals surface area contributed by atoms with Crippen LogP contribution in [0.4, 0.5) is 4.39 Å². The predicted octanol–water partition coefficient (Wildman–Crippen LogP) is 2.65. The first kappa shape index (κ1) is 26.8. The number of benzene rings is 1. The molecule has 3 N–H and O–H groups in total. The number of piperazine rings is 1. The van der Waals surface area contributed by atoms with Crippen molar-refractivity contribution < 1.29 is 19.0 Å². The molecule has 8 nitrogen and oxygen atoms in total. The molecule has 0 aromatic heterocycles. The molecule has 1 aromatic carbocycles. The van der Waals surface area contributed by atoms with Crippen LogP contribution >= 0.6 is 0 Å². The number of methoxy groups -OCH3 is 1. The molecule has 0 spiro atoms. The molecule has 3 fully saturated rings. The Morgan fingerprint density at radius 3 is 2.42 bits per heavy atom. The molecule has 1 aliphatic carbocycles. The number of likely N-dealkylation sites (tertiary alicyclic amines) is 1. The van der Waals surface area contributed by atoms with E-state index in [-0.39, 0.29) is 23.1 Å². The smallest absolute Gasteiger partial charge is 0.234 e. The largest absolute Gasteiger partial charge is 0.507 e. The maximum atomic E-state index is 13.6. The SMILES string of the molecule is COC1CCN(CC(=O)NC2CCC(CCN3CCN(C(=N)c4cc(F)ccc4O)CC3)CC2)CC1. The summed E-state index contributed by atoms with van der Waals surface area (Å²) in [5.41, 5.74) is 0.253. The molecule has 2 heterocycles. The van der Waals surface area contributed by atoms with Crippen LogP contribution in [-0.2, 0) is 9.53 Å². The minimum Gasteiger partial charge on any atom is -0.507 e. The molecule has 0 bridgehead atoms. The van der Waals surface area contributed by atoms with Gasteiger partial charge in [-0.05, 0) is 75.6 Å². The van der Waals surface area contributed by atoms with Gasteiger partial charge in [-0.3, -0.25) is 20.0 Å². The van der Waals surface area contributed by atoms with Gasteiger partial charge < -0.3 is 20.1 Å². The van der Waals surface area contributed by atoms with E-state index in [1.54, 1.807) is 7.11 Å². The second kappa shape index (κ2) is 12.8. The molecular weight excluding hydrogens is 461 g/mol. The van der Waals surface area contributed by atoms with Crippen molar-refractivity contribution in [2.45, 2.75) is 57.1 Å². The molecule has 3 aliphatic rings. The van der Waals surface area contributed by atoms with Gasteiger partial charge in [0.15, 0.2) is 0 Å². The van der Waals surface area contributed by atoms with Gasteiger partial charge in [0.05, 0.1) is 18.2 Å². The van der Waals surface area contributed by atoms with Gasteiger partial charge in [-0.2, -0.15) is 0 Å². The van der Waals surface area contributed by atoms with Gasteiger partial charge in [0.1, 0.15) is 17.4 Å². The molecule has 0 unspecified atom stereocenters. The topological polar surface area (TPSA) is 92.1 Å². The Labute approximate surface area is 214 Å². The number of amides is 1. The van der Waals surface area contributed by atoms with E-state index in [0.29, 0.717) is 37.7 Å². The Hall–Kier alpha value is -2.23. The minimum atomic E-state index is -0.442. The summed E-state index contributed by atoms with van der Waals surface area (Å²) in [5, 5.41) is 21.7. The lowest BCUT2D eigenvalue weighted by atomic mass is 9.84. The van der Waals surface area contributed by atoms with Crippen LogP contribution in [0.5, 0.6) is 5.75 Å². The first-order valence-corrected chi connectivity index (χ1v) is 13.5. The molecule has 2 saturated heterocycles. The van der Waals surface area contributed by atoms with E-state index < -0.39 is 5.82 Å². The predicted molar refractivity (Wildman–Crippen MR) is 138 cm³/mol. The number of carbonyl (C=O) groups excluding carboxylic acids is 1. The van der Waals surface area contributed by atoms with E-state index in [4.69, 9.17) is 10.1 Å². The molecule has 1 aromatic rings. The standard InChI is InChI=1S/C27H42FN5O3/c1-36-23-9-12-32(13-10-23)19-26(35)30-22-5-2-20(3-6-22)8-11-31-14-16-33(17-15-31)27(29)24-18-21(28)4-7-25(24)34/h4,7,18,20,22-23,29,34H,2-3,5-6,8-17,19H2,1H3,(H,30,35). The van der Waals surface area contributed by atoms with Crippen LogP contribution in [0.1, 0.15) is 50.5 Å². The first-order chi connectivity index (χ1) is 17.4. The van der Waals surface area contributed by atoms with Gasteiger partial charge in [0.25, 0.3) is 0 Å². The highest BCUT2D eigenvalue weighted by Gasteiger charge is 2.26. The number of ether oxygens (including phenoxy) is 1. The Kier molecular flexibility index (Phi) is 9.56. The Balaban J connectivity index is 1.10. The van der Waals surface area contributed by atoms with E-state index in [1.807, 2.05) is 4.90 Å². The number of rotatable bonds is 8. The molecule has 1 saturated carbocycles. The zero-order valence-electron chi connectivity index (χ0n) is 21.6. The van der Waals surface area contributed by atoms with Crippen molar-refractivity contribution in [1.29, 1.82) is 5.41 Å². The first-order valence-electron chi connectivity index (χ1n) is 13.5. The lowest BCUT2D eigenvalue weighted by Crippen LogP contribution is -2.49. The lowest BCUT2D eigenvalue weighted by molar-refractivity contribution is -0.123. The van der Waals surface area contributed by atoms with E-state index in [2.05, 4.69) is 15.1 Å². The number of nitrogens with zero attached hydrogens (tertiary/aromatic N) is 3. The third kappa shape index (κ3) is 7.40. The maximum absolute atomic E-state index is 13.6. The number of hydrogen-bond donors (Lipinski definition) is 3. The fourth-order valence-electron chi connectivity index (χ4n) is 5.80. The van der Waals surface area contributed by atoms with Crippen LogP contribution < -0.4 is 5.32 Å². The summed E-state index contributed by atoms with van der Waals surface area (Å²) in [6.45, 7) is 6.55. The molecule has 0 radical (unpaired) electrons. The van der Waals surface area contributed by atoms with Crippen molar-refractivity contribution in [1.82, 2.24) is 20.0 Å². The molecular formula is C27H42FN5O3. The van der Waals surface area contributed by atoms with Gasteiger partial charge in [-0.25, -0.2) is 4.39 Å². The summed E-state index contributed by atoms with van der Waals surface area (Å²) >= 11 is 0. The third-order valence-corrected chi connectivity index (χ3v) is 8.20. The van der Waals surface area contributed by atoms with E-state index >= 15 is 0 Å². The van der Waals surface area contributed by atoms with E-state index in [9.17, 15) is 14.3 Å². The number of carbonyl (C=O) groups is 1. The summed E-state index contributed by atoms with van der Waals surface area (Å²) in [5.74, 6) is 0.549. The van der Waals surface area contributed by atoms with Crippen molar-refractivity contribution >= 4 is 11.7 Å². The van der Waals surface area contributed by atoms with Crippen LogP contribution in [0, 0.1) is 17.1 Å². The molecule has 0 atom stereocenters. The van der Waals surface area contributed by atoms with Crippen LogP contribution in [0.2, 0.25) is 0 Å². The zero-order valence-corrected chi connectivity index (χ0v) is 21.6. The number of hydrogen-bond acceptors (Lipinski definition) is 6. The van der Waals surface area contributed by atoms with Crippen molar-refractivity contribution in [2.75, 3.05) is 59.5 Å². The number of amidine groups is 1. The second-order valence-corrected chi connectivity index (χ2v) is 10.6. The quantitative estimate of drug-likeness (QED) is 0.373. The second-order valence-electron chi connectivity index (χ2n) is 10.6. The van der Waals surface area contributed by atoms with Gasteiger partial charge in [-0.1, -0.05) is 0 Å². The molecule has 1 amide bonds. The van der Waals surface area contributed by atoms with Gasteiger partial charge in [-0.15, -0.1) is 0 Å². The Morgan fingerprint density at radius 1 is 1.06 bits per heavy atom. The number of phenols is 1. The van der Waals surface area contributed by atoms with Gasteiger partial charge in [0.2, 0.25) is 5.91 Å². The van der Waals surface area contributed by atoms with Crippen LogP contribution in [0.15, 0.2) is 18.2 Å². The summed E-state index contributed by atoms with van der Waals surface area (Å²) < 4.78 is 19.0. The number of aromatic hydroxyl groups is 1. The maximum Gasteiger partial charge on any atom is 0.234 e. The average Bonchev–Trinajstić information content (AvgIpc) is 2.90.